The molecule has 0 saturated carbocycles. The zero-order chi connectivity index (χ0) is 25.6. The molecule has 0 aliphatic carbocycles. The number of hydrogen-bond acceptors (Lipinski definition) is 6. The van der Waals surface area contributed by atoms with E-state index in [-0.39, 0.29) is 25.2 Å². The standard InChI is InChI=1S/C19H19F6N7O3/c20-18(21,22)2-1-16(33)26-6-12-5-15-30-14(11-32(15)29-7-12)9-27-17(34)13-8-28-31(10-13)3-4-35-19(23,24)25/h5,7-8,10-11H,1-4,6,9H2,(H,26,33)(H,27,34). The molecular weight excluding hydrogens is 488 g/mol. The van der Waals surface area contributed by atoms with Crippen LogP contribution < -0.4 is 10.6 Å². The number of carbonyl (C=O) groups excluding carboxylic acids is 2. The molecule has 190 valence electrons. The lowest BCUT2D eigenvalue weighted by Crippen LogP contribution is -2.24. The highest BCUT2D eigenvalue weighted by atomic mass is 19.4. The Labute approximate surface area is 193 Å². The van der Waals surface area contributed by atoms with Crippen LogP contribution >= 0.6 is 0 Å². The highest BCUT2D eigenvalue weighted by Crippen LogP contribution is 2.21. The van der Waals surface area contributed by atoms with Gasteiger partial charge in [-0.15, -0.1) is 13.2 Å². The minimum Gasteiger partial charge on any atom is -0.352 e. The van der Waals surface area contributed by atoms with Crippen LogP contribution in [0.2, 0.25) is 0 Å². The van der Waals surface area contributed by atoms with E-state index in [1.165, 1.54) is 23.1 Å². The molecule has 0 aliphatic rings. The van der Waals surface area contributed by atoms with E-state index in [0.717, 1.165) is 4.68 Å². The monoisotopic (exact) mass is 507 g/mol. The Morgan fingerprint density at radius 1 is 1.00 bits per heavy atom. The third kappa shape index (κ3) is 8.55. The zero-order valence-electron chi connectivity index (χ0n) is 17.9. The summed E-state index contributed by atoms with van der Waals surface area (Å²) in [4.78, 5) is 28.1. The summed E-state index contributed by atoms with van der Waals surface area (Å²) in [5, 5.41) is 12.9. The van der Waals surface area contributed by atoms with Crippen molar-refractivity contribution in [1.29, 1.82) is 0 Å². The molecule has 0 radical (unpaired) electrons. The first kappa shape index (κ1) is 25.9. The van der Waals surface area contributed by atoms with Gasteiger partial charge in [0.25, 0.3) is 5.91 Å². The number of carbonyl (C=O) groups is 2. The molecular formula is C19H19F6N7O3. The van der Waals surface area contributed by atoms with Crippen molar-refractivity contribution in [3.8, 4) is 0 Å². The molecule has 0 bridgehead atoms. The van der Waals surface area contributed by atoms with Crippen LogP contribution in [-0.2, 0) is 29.2 Å². The van der Waals surface area contributed by atoms with E-state index in [1.54, 1.807) is 12.3 Å². The topological polar surface area (TPSA) is 115 Å². The molecule has 3 aromatic heterocycles. The Kier molecular flexibility index (Phi) is 7.93. The number of ether oxygens (including phenoxy) is 1. The van der Waals surface area contributed by atoms with Gasteiger partial charge in [0, 0.05) is 19.2 Å². The van der Waals surface area contributed by atoms with Crippen molar-refractivity contribution in [1.82, 2.24) is 35.0 Å². The van der Waals surface area contributed by atoms with Crippen LogP contribution in [-0.4, -0.2) is 55.3 Å². The van der Waals surface area contributed by atoms with Crippen molar-refractivity contribution in [3.05, 3.63) is 47.7 Å². The Morgan fingerprint density at radius 3 is 2.49 bits per heavy atom. The van der Waals surface area contributed by atoms with Crippen molar-refractivity contribution in [2.45, 2.75) is 45.0 Å². The van der Waals surface area contributed by atoms with Gasteiger partial charge in [-0.2, -0.15) is 23.4 Å². The number of aromatic nitrogens is 5. The van der Waals surface area contributed by atoms with E-state index in [9.17, 15) is 35.9 Å². The molecule has 0 saturated heterocycles. The van der Waals surface area contributed by atoms with E-state index in [4.69, 9.17) is 0 Å². The average Bonchev–Trinajstić information content (AvgIpc) is 3.39. The van der Waals surface area contributed by atoms with Gasteiger partial charge in [-0.25, -0.2) is 9.50 Å². The largest absolute Gasteiger partial charge is 0.522 e. The Balaban J connectivity index is 1.49. The van der Waals surface area contributed by atoms with Crippen LogP contribution in [0.4, 0.5) is 26.3 Å². The maximum atomic E-state index is 12.3. The van der Waals surface area contributed by atoms with Gasteiger partial charge in [0.2, 0.25) is 5.91 Å². The second-order valence-corrected chi connectivity index (χ2v) is 7.26. The number of fused-ring (bicyclic) bond motifs is 1. The van der Waals surface area contributed by atoms with Crippen LogP contribution in [0.25, 0.3) is 5.65 Å². The molecule has 16 heteroatoms. The smallest absolute Gasteiger partial charge is 0.352 e. The molecule has 0 fully saturated rings. The van der Waals surface area contributed by atoms with Crippen LogP contribution in [0.3, 0.4) is 0 Å². The lowest BCUT2D eigenvalue weighted by molar-refractivity contribution is -0.325. The summed E-state index contributed by atoms with van der Waals surface area (Å²) in [6, 6.07) is 1.58. The first-order valence-electron chi connectivity index (χ1n) is 10.1. The van der Waals surface area contributed by atoms with Gasteiger partial charge >= 0.3 is 12.5 Å². The molecule has 35 heavy (non-hydrogen) atoms. The van der Waals surface area contributed by atoms with Crippen LogP contribution in [0, 0.1) is 0 Å². The van der Waals surface area contributed by atoms with Crippen molar-refractivity contribution in [2.75, 3.05) is 6.61 Å². The lowest BCUT2D eigenvalue weighted by Gasteiger charge is -2.07. The van der Waals surface area contributed by atoms with Crippen molar-refractivity contribution >= 4 is 17.5 Å². The molecule has 3 heterocycles. The molecule has 3 aromatic rings. The second kappa shape index (κ2) is 10.7. The molecule has 0 unspecified atom stereocenters. The summed E-state index contributed by atoms with van der Waals surface area (Å²) in [5.41, 5.74) is 1.46. The zero-order valence-corrected chi connectivity index (χ0v) is 17.9. The van der Waals surface area contributed by atoms with Gasteiger partial charge in [-0.05, 0) is 11.6 Å². The van der Waals surface area contributed by atoms with Gasteiger partial charge in [0.15, 0.2) is 5.65 Å². The minimum atomic E-state index is -4.75. The van der Waals surface area contributed by atoms with E-state index in [0.29, 0.717) is 16.9 Å². The molecule has 0 atom stereocenters. The van der Waals surface area contributed by atoms with Gasteiger partial charge in [-0.3, -0.25) is 19.0 Å². The van der Waals surface area contributed by atoms with Crippen LogP contribution in [0.1, 0.15) is 34.5 Å². The minimum absolute atomic E-state index is 0.00801. The number of nitrogens with one attached hydrogen (secondary N) is 2. The predicted molar refractivity (Wildman–Crippen MR) is 106 cm³/mol. The lowest BCUT2D eigenvalue weighted by atomic mass is 10.2. The van der Waals surface area contributed by atoms with E-state index >= 15 is 0 Å². The van der Waals surface area contributed by atoms with Crippen LogP contribution in [0.15, 0.2) is 30.9 Å². The number of nitrogens with zero attached hydrogens (tertiary/aromatic N) is 5. The molecule has 0 spiro atoms. The van der Waals surface area contributed by atoms with Crippen molar-refractivity contribution < 1.29 is 40.7 Å². The maximum Gasteiger partial charge on any atom is 0.522 e. The molecule has 3 rings (SSSR count). The number of rotatable bonds is 10. The first-order valence-corrected chi connectivity index (χ1v) is 10.1. The average molecular weight is 507 g/mol. The van der Waals surface area contributed by atoms with Gasteiger partial charge < -0.3 is 10.6 Å². The highest BCUT2D eigenvalue weighted by molar-refractivity contribution is 5.93. The Hall–Kier alpha value is -3.69. The van der Waals surface area contributed by atoms with Crippen molar-refractivity contribution in [3.63, 3.8) is 0 Å². The summed E-state index contributed by atoms with van der Waals surface area (Å²) in [6.07, 6.45) is -5.62. The number of halogens is 6. The number of alkyl halides is 6. The Bertz CT molecular complexity index is 1170. The second-order valence-electron chi connectivity index (χ2n) is 7.26. The first-order chi connectivity index (χ1) is 16.4. The fourth-order valence-corrected chi connectivity index (χ4v) is 2.82. The number of imidazole rings is 1. The third-order valence-corrected chi connectivity index (χ3v) is 4.46. The molecule has 2 amide bonds. The van der Waals surface area contributed by atoms with Crippen molar-refractivity contribution in [2.24, 2.45) is 0 Å². The van der Waals surface area contributed by atoms with Gasteiger partial charge in [-0.1, -0.05) is 0 Å². The normalized spacial score (nSPS) is 12.2. The quantitative estimate of drug-likeness (QED) is 0.407. The summed E-state index contributed by atoms with van der Waals surface area (Å²) in [5.74, 6) is -1.27. The molecule has 2 N–H and O–H groups in total. The maximum absolute atomic E-state index is 12.3. The predicted octanol–water partition coefficient (Wildman–Crippen LogP) is 2.35. The Morgan fingerprint density at radius 2 is 1.77 bits per heavy atom. The fraction of sp³-hybridized carbons (Fsp3) is 0.421. The SMILES string of the molecule is O=C(CCC(F)(F)F)NCc1cnn2cc(CNC(=O)c3cnn(CCOC(F)(F)F)c3)nc2c1. The van der Waals surface area contributed by atoms with E-state index in [1.807, 2.05) is 0 Å². The number of amides is 2. The van der Waals surface area contributed by atoms with Crippen LogP contribution in [0.5, 0.6) is 0 Å². The highest BCUT2D eigenvalue weighted by Gasteiger charge is 2.29. The summed E-state index contributed by atoms with van der Waals surface area (Å²) in [7, 11) is 0. The fourth-order valence-electron chi connectivity index (χ4n) is 2.82. The molecule has 0 aromatic carbocycles. The molecule has 10 nitrogen and oxygen atoms in total. The summed E-state index contributed by atoms with van der Waals surface area (Å²) < 4.78 is 78.8. The summed E-state index contributed by atoms with van der Waals surface area (Å²) >= 11 is 0. The summed E-state index contributed by atoms with van der Waals surface area (Å²) in [6.45, 7) is -0.874. The number of hydrogen-bond donors (Lipinski definition) is 2. The van der Waals surface area contributed by atoms with E-state index in [2.05, 4.69) is 30.6 Å². The van der Waals surface area contributed by atoms with E-state index < -0.39 is 43.8 Å². The third-order valence-electron chi connectivity index (χ3n) is 4.46. The van der Waals surface area contributed by atoms with Gasteiger partial charge in [0.1, 0.15) is 0 Å². The molecule has 0 aliphatic heterocycles. The van der Waals surface area contributed by atoms with Gasteiger partial charge in [0.05, 0.1) is 56.0 Å².